The summed E-state index contributed by atoms with van der Waals surface area (Å²) in [7, 11) is 1.18. The van der Waals surface area contributed by atoms with Gasteiger partial charge in [0.2, 0.25) is 0 Å². The van der Waals surface area contributed by atoms with Gasteiger partial charge in [0.1, 0.15) is 6.04 Å². The third kappa shape index (κ3) is 2.17. The van der Waals surface area contributed by atoms with Crippen molar-refractivity contribution in [3.05, 3.63) is 39.4 Å². The summed E-state index contributed by atoms with van der Waals surface area (Å²) in [5, 5.41) is 10.9. The van der Waals surface area contributed by atoms with E-state index in [2.05, 4.69) is 4.74 Å². The number of hydrogen-bond acceptors (Lipinski definition) is 5. The van der Waals surface area contributed by atoms with E-state index < -0.39 is 16.9 Å². The van der Waals surface area contributed by atoms with Gasteiger partial charge in [0.05, 0.1) is 17.6 Å². The summed E-state index contributed by atoms with van der Waals surface area (Å²) in [6.07, 6.45) is 0. The maximum absolute atomic E-state index is 11.2. The fourth-order valence-corrected chi connectivity index (χ4v) is 1.44. The van der Waals surface area contributed by atoms with Crippen molar-refractivity contribution in [2.24, 2.45) is 5.73 Å². The Morgan fingerprint density at radius 2 is 2.19 bits per heavy atom. The van der Waals surface area contributed by atoms with Gasteiger partial charge < -0.3 is 10.5 Å². The van der Waals surface area contributed by atoms with E-state index in [1.807, 2.05) is 0 Å². The maximum Gasteiger partial charge on any atom is 0.327 e. The van der Waals surface area contributed by atoms with Crippen molar-refractivity contribution in [2.75, 3.05) is 7.11 Å². The number of nitro benzene ring substituents is 1. The van der Waals surface area contributed by atoms with Gasteiger partial charge in [-0.1, -0.05) is 12.1 Å². The van der Waals surface area contributed by atoms with Crippen molar-refractivity contribution >= 4 is 11.7 Å². The smallest absolute Gasteiger partial charge is 0.327 e. The Bertz CT molecular complexity index is 431. The average Bonchev–Trinajstić information content (AvgIpc) is 2.26. The first kappa shape index (κ1) is 12.1. The zero-order chi connectivity index (χ0) is 12.3. The number of ether oxygens (including phenoxy) is 1. The van der Waals surface area contributed by atoms with Crippen molar-refractivity contribution < 1.29 is 14.5 Å². The predicted octanol–water partition coefficient (Wildman–Crippen LogP) is 1.08. The molecule has 1 aromatic rings. The molecule has 0 heterocycles. The fourth-order valence-electron chi connectivity index (χ4n) is 1.44. The number of nitrogens with zero attached hydrogens (tertiary/aromatic N) is 1. The molecule has 0 aliphatic heterocycles. The zero-order valence-corrected chi connectivity index (χ0v) is 8.97. The maximum atomic E-state index is 11.2. The molecule has 86 valence electrons. The minimum atomic E-state index is -1.13. The first-order valence-corrected chi connectivity index (χ1v) is 4.56. The highest BCUT2D eigenvalue weighted by Gasteiger charge is 2.26. The first-order chi connectivity index (χ1) is 7.49. The molecular weight excluding hydrogens is 212 g/mol. The van der Waals surface area contributed by atoms with Gasteiger partial charge in [0.25, 0.3) is 5.69 Å². The van der Waals surface area contributed by atoms with Crippen LogP contribution in [0.5, 0.6) is 0 Å². The Balaban J connectivity index is 3.28. The van der Waals surface area contributed by atoms with Gasteiger partial charge in [-0.3, -0.25) is 10.1 Å². The van der Waals surface area contributed by atoms with E-state index in [0.717, 1.165) is 0 Å². The molecule has 0 saturated carbocycles. The van der Waals surface area contributed by atoms with E-state index >= 15 is 0 Å². The van der Waals surface area contributed by atoms with Gasteiger partial charge in [-0.25, -0.2) is 4.79 Å². The van der Waals surface area contributed by atoms with Crippen molar-refractivity contribution in [1.29, 1.82) is 0 Å². The number of para-hydroxylation sites is 1. The van der Waals surface area contributed by atoms with E-state index in [9.17, 15) is 14.9 Å². The lowest BCUT2D eigenvalue weighted by atomic mass is 10.0. The summed E-state index contributed by atoms with van der Waals surface area (Å²) in [5.41, 5.74) is 6.06. The van der Waals surface area contributed by atoms with Gasteiger partial charge in [0.15, 0.2) is 0 Å². The monoisotopic (exact) mass is 224 g/mol. The first-order valence-electron chi connectivity index (χ1n) is 4.56. The largest absolute Gasteiger partial charge is 0.468 e. The highest BCUT2D eigenvalue weighted by atomic mass is 16.6. The predicted molar refractivity (Wildman–Crippen MR) is 56.8 cm³/mol. The van der Waals surface area contributed by atoms with Crippen LogP contribution in [0, 0.1) is 17.0 Å². The molecule has 6 heteroatoms. The van der Waals surface area contributed by atoms with Crippen molar-refractivity contribution in [1.82, 2.24) is 0 Å². The second kappa shape index (κ2) is 4.71. The third-order valence-corrected chi connectivity index (χ3v) is 2.24. The molecule has 0 amide bonds. The molecule has 16 heavy (non-hydrogen) atoms. The van der Waals surface area contributed by atoms with Crippen LogP contribution < -0.4 is 5.73 Å². The number of hydrogen-bond donors (Lipinski definition) is 1. The Labute approximate surface area is 92.2 Å². The lowest BCUT2D eigenvalue weighted by molar-refractivity contribution is -0.386. The van der Waals surface area contributed by atoms with Crippen molar-refractivity contribution in [3.63, 3.8) is 0 Å². The van der Waals surface area contributed by atoms with Crippen LogP contribution in [0.2, 0.25) is 0 Å². The summed E-state index contributed by atoms with van der Waals surface area (Å²) in [6, 6.07) is 3.52. The summed E-state index contributed by atoms with van der Waals surface area (Å²) in [5.74, 6) is -0.700. The molecule has 2 N–H and O–H groups in total. The van der Waals surface area contributed by atoms with Crippen LogP contribution in [0.15, 0.2) is 18.2 Å². The Hall–Kier alpha value is -1.95. The van der Waals surface area contributed by atoms with Crippen molar-refractivity contribution in [2.45, 2.75) is 13.0 Å². The van der Waals surface area contributed by atoms with E-state index in [1.165, 1.54) is 13.2 Å². The number of benzene rings is 1. The van der Waals surface area contributed by atoms with Crippen LogP contribution in [0.3, 0.4) is 0 Å². The number of carbonyl (C=O) groups is 1. The number of aryl methyl sites for hydroxylation is 1. The van der Waals surface area contributed by atoms with Crippen molar-refractivity contribution in [3.8, 4) is 0 Å². The normalized spacial score (nSPS) is 11.9. The Morgan fingerprint density at radius 1 is 1.56 bits per heavy atom. The Morgan fingerprint density at radius 3 is 2.69 bits per heavy atom. The number of nitro groups is 1. The van der Waals surface area contributed by atoms with Crippen LogP contribution >= 0.6 is 0 Å². The van der Waals surface area contributed by atoms with Crippen LogP contribution in [0.25, 0.3) is 0 Å². The standard InChI is InChI=1S/C10H12N2O4/c1-6-4-3-5-7(9(6)12(14)15)8(11)10(13)16-2/h3-5,8H,11H2,1-2H3. The quantitative estimate of drug-likeness (QED) is 0.470. The molecule has 0 bridgehead atoms. The third-order valence-electron chi connectivity index (χ3n) is 2.24. The molecule has 0 aromatic heterocycles. The minimum Gasteiger partial charge on any atom is -0.468 e. The summed E-state index contributed by atoms with van der Waals surface area (Å²) in [4.78, 5) is 21.5. The van der Waals surface area contributed by atoms with E-state index in [0.29, 0.717) is 5.56 Å². The molecule has 0 radical (unpaired) electrons. The van der Waals surface area contributed by atoms with Crippen LogP contribution in [0.4, 0.5) is 5.69 Å². The second-order valence-corrected chi connectivity index (χ2v) is 3.27. The van der Waals surface area contributed by atoms with Gasteiger partial charge in [0, 0.05) is 5.56 Å². The highest BCUT2D eigenvalue weighted by Crippen LogP contribution is 2.27. The second-order valence-electron chi connectivity index (χ2n) is 3.27. The lowest BCUT2D eigenvalue weighted by Gasteiger charge is -2.10. The number of nitrogens with two attached hydrogens (primary N) is 1. The summed E-state index contributed by atoms with van der Waals surface area (Å²) in [6.45, 7) is 1.59. The fraction of sp³-hybridized carbons (Fsp3) is 0.300. The molecule has 1 unspecified atom stereocenters. The topological polar surface area (TPSA) is 95.5 Å². The molecule has 1 atom stereocenters. The molecule has 1 rings (SSSR count). The summed E-state index contributed by atoms with van der Waals surface area (Å²) >= 11 is 0. The van der Waals surface area contributed by atoms with Gasteiger partial charge >= 0.3 is 5.97 Å². The van der Waals surface area contributed by atoms with Gasteiger partial charge in [-0.05, 0) is 13.0 Å². The highest BCUT2D eigenvalue weighted by molar-refractivity contribution is 5.79. The molecule has 0 fully saturated rings. The van der Waals surface area contributed by atoms with Crippen LogP contribution in [0.1, 0.15) is 17.2 Å². The molecule has 0 saturated heterocycles. The average molecular weight is 224 g/mol. The van der Waals surface area contributed by atoms with E-state index in [4.69, 9.17) is 5.73 Å². The molecular formula is C10H12N2O4. The number of esters is 1. The number of rotatable bonds is 3. The van der Waals surface area contributed by atoms with E-state index in [-0.39, 0.29) is 11.3 Å². The molecule has 0 aliphatic rings. The number of methoxy groups -OCH3 is 1. The SMILES string of the molecule is COC(=O)C(N)c1cccc(C)c1[N+](=O)[O-]. The Kier molecular flexibility index (Phi) is 3.57. The minimum absolute atomic E-state index is 0.139. The molecule has 0 spiro atoms. The summed E-state index contributed by atoms with van der Waals surface area (Å²) < 4.78 is 4.45. The molecule has 6 nitrogen and oxygen atoms in total. The molecule has 0 aliphatic carbocycles. The van der Waals surface area contributed by atoms with Crippen LogP contribution in [-0.4, -0.2) is 18.0 Å². The van der Waals surface area contributed by atoms with Gasteiger partial charge in [-0.15, -0.1) is 0 Å². The van der Waals surface area contributed by atoms with Crippen LogP contribution in [-0.2, 0) is 9.53 Å². The number of carbonyl (C=O) groups excluding carboxylic acids is 1. The van der Waals surface area contributed by atoms with Gasteiger partial charge in [-0.2, -0.15) is 0 Å². The van der Waals surface area contributed by atoms with E-state index in [1.54, 1.807) is 19.1 Å². The molecule has 1 aromatic carbocycles. The lowest BCUT2D eigenvalue weighted by Crippen LogP contribution is -2.23. The zero-order valence-electron chi connectivity index (χ0n) is 8.97.